The molecule has 42 heavy (non-hydrogen) atoms. The average Bonchev–Trinajstić information content (AvgIpc) is 3.39. The van der Waals surface area contributed by atoms with Crippen LogP contribution in [0.25, 0.3) is 5.70 Å². The Bertz CT molecular complexity index is 1630. The van der Waals surface area contributed by atoms with E-state index < -0.39 is 5.82 Å². The molecule has 4 aromatic rings. The molecular weight excluding hydrogens is 537 g/mol. The van der Waals surface area contributed by atoms with Crippen LogP contribution < -0.4 is 20.6 Å². The molecule has 0 saturated heterocycles. The van der Waals surface area contributed by atoms with Crippen molar-refractivity contribution in [2.24, 2.45) is 10.3 Å². The fraction of sp³-hybridized carbons (Fsp3) is 0.226. The molecule has 0 aliphatic rings. The van der Waals surface area contributed by atoms with Crippen molar-refractivity contribution >= 4 is 11.4 Å². The van der Waals surface area contributed by atoms with E-state index in [0.717, 1.165) is 16.7 Å². The summed E-state index contributed by atoms with van der Waals surface area (Å²) in [6.07, 6.45) is 5.10. The van der Waals surface area contributed by atoms with Gasteiger partial charge in [0.25, 0.3) is 5.56 Å². The summed E-state index contributed by atoms with van der Waals surface area (Å²) in [5, 5.41) is 17.1. The number of nitrogens with one attached hydrogen (secondary N) is 1. The van der Waals surface area contributed by atoms with Crippen molar-refractivity contribution in [3.63, 3.8) is 0 Å². The van der Waals surface area contributed by atoms with Gasteiger partial charge in [0.2, 0.25) is 0 Å². The molecule has 0 saturated carbocycles. The van der Waals surface area contributed by atoms with E-state index in [1.807, 2.05) is 41.2 Å². The first-order chi connectivity index (χ1) is 20.4. The molecule has 2 aromatic heterocycles. The van der Waals surface area contributed by atoms with Crippen LogP contribution in [-0.2, 0) is 31.0 Å². The van der Waals surface area contributed by atoms with Gasteiger partial charge in [-0.1, -0.05) is 48.7 Å². The summed E-state index contributed by atoms with van der Waals surface area (Å²) >= 11 is 0. The van der Waals surface area contributed by atoms with E-state index in [1.54, 1.807) is 36.1 Å². The van der Waals surface area contributed by atoms with Gasteiger partial charge in [-0.3, -0.25) is 9.48 Å². The summed E-state index contributed by atoms with van der Waals surface area (Å²) in [6, 6.07) is 16.4. The Balaban J connectivity index is 1.51. The van der Waals surface area contributed by atoms with Crippen LogP contribution in [0, 0.1) is 5.82 Å². The molecule has 0 unspecified atom stereocenters. The number of nitrogens with zero attached hydrogens (tertiary/aromatic N) is 6. The van der Waals surface area contributed by atoms with Crippen molar-refractivity contribution in [2.75, 3.05) is 26.3 Å². The molecule has 10 nitrogen and oxygen atoms in total. The van der Waals surface area contributed by atoms with Crippen LogP contribution in [0.1, 0.15) is 27.9 Å². The van der Waals surface area contributed by atoms with Gasteiger partial charge in [0.05, 0.1) is 45.2 Å². The minimum absolute atomic E-state index is 0.0416. The molecule has 2 aromatic carbocycles. The molecule has 0 spiro atoms. The third kappa shape index (κ3) is 6.99. The number of aromatic nitrogens is 3. The maximum absolute atomic E-state index is 15.4. The highest BCUT2D eigenvalue weighted by molar-refractivity contribution is 5.64. The second-order valence-corrected chi connectivity index (χ2v) is 9.33. The van der Waals surface area contributed by atoms with Crippen LogP contribution >= 0.6 is 0 Å². The second kappa shape index (κ2) is 14.0. The van der Waals surface area contributed by atoms with Gasteiger partial charge < -0.3 is 19.4 Å². The summed E-state index contributed by atoms with van der Waals surface area (Å²) in [6.45, 7) is 9.31. The van der Waals surface area contributed by atoms with Gasteiger partial charge in [0.1, 0.15) is 0 Å². The van der Waals surface area contributed by atoms with E-state index >= 15 is 4.39 Å². The summed E-state index contributed by atoms with van der Waals surface area (Å²) in [4.78, 5) is 12.0. The number of hydrogen-bond acceptors (Lipinski definition) is 7. The molecule has 218 valence electrons. The van der Waals surface area contributed by atoms with Gasteiger partial charge in [-0.05, 0) is 29.3 Å². The predicted molar refractivity (Wildman–Crippen MR) is 161 cm³/mol. The molecule has 4 rings (SSSR count). The quantitative estimate of drug-likeness (QED) is 0.166. The molecule has 0 aliphatic carbocycles. The summed E-state index contributed by atoms with van der Waals surface area (Å²) in [5.74, 6) is -0.421. The van der Waals surface area contributed by atoms with E-state index in [0.29, 0.717) is 35.7 Å². The monoisotopic (exact) mass is 571 g/mol. The van der Waals surface area contributed by atoms with E-state index in [1.165, 1.54) is 31.4 Å². The fourth-order valence-electron chi connectivity index (χ4n) is 4.46. The van der Waals surface area contributed by atoms with Gasteiger partial charge in [-0.15, -0.1) is 0 Å². The average molecular weight is 572 g/mol. The first kappa shape index (κ1) is 29.9. The standard InChI is InChI=1S/C31H34FN7O3/c1-6-39(36-33-3)28-14-15-29(42-5)31(32)25(28)17-34-22(2)26-20-38(35-27(26)21-41-4)19-24-12-10-23(11-13-24)18-37-16-8-7-9-30(37)40/h6-16,20,34H,1-2,17-19,21H2,3-5H3/b36-33-. The van der Waals surface area contributed by atoms with Crippen molar-refractivity contribution < 1.29 is 13.9 Å². The number of rotatable bonds is 14. The van der Waals surface area contributed by atoms with Crippen LogP contribution in [0.3, 0.4) is 0 Å². The lowest BCUT2D eigenvalue weighted by atomic mass is 10.1. The Morgan fingerprint density at radius 2 is 1.86 bits per heavy atom. The Morgan fingerprint density at radius 3 is 2.50 bits per heavy atom. The highest BCUT2D eigenvalue weighted by atomic mass is 19.1. The maximum atomic E-state index is 15.4. The van der Waals surface area contributed by atoms with Crippen molar-refractivity contribution in [1.82, 2.24) is 19.7 Å². The van der Waals surface area contributed by atoms with E-state index in [4.69, 9.17) is 14.6 Å². The fourth-order valence-corrected chi connectivity index (χ4v) is 4.46. The molecule has 1 N–H and O–H groups in total. The van der Waals surface area contributed by atoms with Crippen molar-refractivity contribution in [1.29, 1.82) is 0 Å². The van der Waals surface area contributed by atoms with Gasteiger partial charge in [0, 0.05) is 55.1 Å². The normalized spacial score (nSPS) is 11.0. The Morgan fingerprint density at radius 1 is 1.12 bits per heavy atom. The van der Waals surface area contributed by atoms with Crippen LogP contribution in [0.15, 0.2) is 101 Å². The van der Waals surface area contributed by atoms with Crippen LogP contribution in [0.2, 0.25) is 0 Å². The lowest BCUT2D eigenvalue weighted by Gasteiger charge is -2.20. The molecule has 0 bridgehead atoms. The topological polar surface area (TPSA) is 98.3 Å². The molecule has 2 heterocycles. The number of pyridine rings is 1. The van der Waals surface area contributed by atoms with Crippen molar-refractivity contribution in [2.45, 2.75) is 26.2 Å². The molecule has 0 aliphatic heterocycles. The van der Waals surface area contributed by atoms with Crippen molar-refractivity contribution in [3.05, 3.63) is 130 Å². The summed E-state index contributed by atoms with van der Waals surface area (Å²) in [5.41, 5.74) is 4.76. The maximum Gasteiger partial charge on any atom is 0.250 e. The number of halogens is 1. The van der Waals surface area contributed by atoms with Crippen LogP contribution in [0.4, 0.5) is 10.1 Å². The molecule has 0 fully saturated rings. The van der Waals surface area contributed by atoms with Crippen molar-refractivity contribution in [3.8, 4) is 5.75 Å². The third-order valence-corrected chi connectivity index (χ3v) is 6.55. The number of ether oxygens (including phenoxy) is 2. The van der Waals surface area contributed by atoms with E-state index in [9.17, 15) is 4.79 Å². The number of benzene rings is 2. The largest absolute Gasteiger partial charge is 0.494 e. The molecule has 11 heteroatoms. The number of hydrogen-bond donors (Lipinski definition) is 1. The minimum Gasteiger partial charge on any atom is -0.494 e. The highest BCUT2D eigenvalue weighted by Crippen LogP contribution is 2.31. The Hall–Kier alpha value is -5.03. The Labute approximate surface area is 244 Å². The molecule has 0 amide bonds. The van der Waals surface area contributed by atoms with Crippen LogP contribution in [0.5, 0.6) is 5.75 Å². The smallest absolute Gasteiger partial charge is 0.250 e. The first-order valence-electron chi connectivity index (χ1n) is 13.2. The van der Waals surface area contributed by atoms with Gasteiger partial charge in [-0.2, -0.15) is 10.2 Å². The molecular formula is C31H34FN7O3. The van der Waals surface area contributed by atoms with Crippen LogP contribution in [-0.4, -0.2) is 35.6 Å². The molecule has 0 atom stereocenters. The first-order valence-corrected chi connectivity index (χ1v) is 13.2. The lowest BCUT2D eigenvalue weighted by molar-refractivity contribution is 0.180. The minimum atomic E-state index is -0.526. The van der Waals surface area contributed by atoms with Gasteiger partial charge in [-0.25, -0.2) is 9.40 Å². The zero-order chi connectivity index (χ0) is 30.1. The summed E-state index contributed by atoms with van der Waals surface area (Å²) < 4.78 is 29.4. The third-order valence-electron chi connectivity index (χ3n) is 6.55. The zero-order valence-electron chi connectivity index (χ0n) is 24.0. The second-order valence-electron chi connectivity index (χ2n) is 9.33. The number of methoxy groups -OCH3 is 2. The Kier molecular flexibility index (Phi) is 10.0. The predicted octanol–water partition coefficient (Wildman–Crippen LogP) is 5.14. The number of anilines is 1. The van der Waals surface area contributed by atoms with E-state index in [-0.39, 0.29) is 24.5 Å². The van der Waals surface area contributed by atoms with E-state index in [2.05, 4.69) is 28.8 Å². The van der Waals surface area contributed by atoms with Gasteiger partial charge in [0.15, 0.2) is 11.6 Å². The van der Waals surface area contributed by atoms with Gasteiger partial charge >= 0.3 is 0 Å². The lowest BCUT2D eigenvalue weighted by Crippen LogP contribution is -2.18. The summed E-state index contributed by atoms with van der Waals surface area (Å²) in [7, 11) is 4.53. The highest BCUT2D eigenvalue weighted by Gasteiger charge is 2.19. The zero-order valence-corrected chi connectivity index (χ0v) is 24.0. The molecule has 0 radical (unpaired) electrons. The SMILES string of the molecule is C=CN(/N=N\C)c1ccc(OC)c(F)c1CNC(=C)c1cn(Cc2ccc(Cn3ccccc3=O)cc2)nc1COC.